The molecule has 1 fully saturated rings. The molecule has 132 valence electrons. The number of rotatable bonds is 8. The Kier molecular flexibility index (Phi) is 7.06. The van der Waals surface area contributed by atoms with Crippen LogP contribution in [0, 0.1) is 5.92 Å². The van der Waals surface area contributed by atoms with Crippen molar-refractivity contribution in [2.45, 2.75) is 25.7 Å². The van der Waals surface area contributed by atoms with Gasteiger partial charge in [0.1, 0.15) is 12.4 Å². The van der Waals surface area contributed by atoms with Crippen molar-refractivity contribution in [2.75, 3.05) is 33.4 Å². The van der Waals surface area contributed by atoms with Crippen molar-refractivity contribution >= 4 is 11.9 Å². The van der Waals surface area contributed by atoms with Gasteiger partial charge in [-0.25, -0.2) is 0 Å². The molecule has 1 saturated heterocycles. The van der Waals surface area contributed by atoms with Gasteiger partial charge >= 0.3 is 5.97 Å². The van der Waals surface area contributed by atoms with E-state index >= 15 is 0 Å². The topological polar surface area (TPSA) is 76.1 Å². The van der Waals surface area contributed by atoms with Crippen molar-refractivity contribution < 1.29 is 24.2 Å². The molecule has 6 heteroatoms. The van der Waals surface area contributed by atoms with E-state index in [4.69, 9.17) is 14.6 Å². The van der Waals surface area contributed by atoms with Crippen LogP contribution in [0.5, 0.6) is 5.75 Å². The van der Waals surface area contributed by atoms with E-state index in [1.807, 2.05) is 17.0 Å². The first-order valence-electron chi connectivity index (χ1n) is 8.33. The van der Waals surface area contributed by atoms with Gasteiger partial charge in [-0.2, -0.15) is 0 Å². The van der Waals surface area contributed by atoms with Gasteiger partial charge in [-0.1, -0.05) is 12.1 Å². The minimum Gasteiger partial charge on any atom is -0.490 e. The number of likely N-dealkylation sites (tertiary alicyclic amines) is 1. The molecular weight excluding hydrogens is 310 g/mol. The van der Waals surface area contributed by atoms with E-state index in [1.54, 1.807) is 19.2 Å². The highest BCUT2D eigenvalue weighted by molar-refractivity contribution is 5.97. The fourth-order valence-electron chi connectivity index (χ4n) is 2.99. The minimum absolute atomic E-state index is 0.0527. The lowest BCUT2D eigenvalue weighted by atomic mass is 9.93. The maximum Gasteiger partial charge on any atom is 0.303 e. The summed E-state index contributed by atoms with van der Waals surface area (Å²) < 4.78 is 10.6. The number of benzene rings is 1. The Balaban J connectivity index is 2.01. The fourth-order valence-corrected chi connectivity index (χ4v) is 2.99. The van der Waals surface area contributed by atoms with Crippen LogP contribution in [-0.4, -0.2) is 55.3 Å². The third-order valence-electron chi connectivity index (χ3n) is 4.24. The van der Waals surface area contributed by atoms with Crippen molar-refractivity contribution in [1.82, 2.24) is 4.90 Å². The lowest BCUT2D eigenvalue weighted by Crippen LogP contribution is -2.40. The number of carboxylic acid groups (broad SMARTS) is 1. The van der Waals surface area contributed by atoms with Gasteiger partial charge in [-0.3, -0.25) is 9.59 Å². The Labute approximate surface area is 142 Å². The molecule has 1 aromatic rings. The number of nitrogens with zero attached hydrogens (tertiary/aromatic N) is 1. The van der Waals surface area contributed by atoms with Crippen molar-refractivity contribution in [2.24, 2.45) is 5.92 Å². The van der Waals surface area contributed by atoms with Crippen LogP contribution in [0.3, 0.4) is 0 Å². The predicted molar refractivity (Wildman–Crippen MR) is 89.3 cm³/mol. The summed E-state index contributed by atoms with van der Waals surface area (Å²) in [4.78, 5) is 25.4. The monoisotopic (exact) mass is 335 g/mol. The molecular formula is C18H25NO5. The number of hydrogen-bond donors (Lipinski definition) is 1. The van der Waals surface area contributed by atoms with Crippen molar-refractivity contribution in [1.29, 1.82) is 0 Å². The van der Waals surface area contributed by atoms with E-state index in [2.05, 4.69) is 0 Å². The molecule has 2 rings (SSSR count). The molecule has 1 N–H and O–H groups in total. The Hall–Kier alpha value is -2.08. The summed E-state index contributed by atoms with van der Waals surface area (Å²) in [5.74, 6) is -0.0223. The Morgan fingerprint density at radius 2 is 2.08 bits per heavy atom. The van der Waals surface area contributed by atoms with Crippen molar-refractivity contribution in [3.8, 4) is 5.75 Å². The standard InChI is InChI=1S/C18H25NO5/c1-23-11-12-24-16-7-3-2-6-15(16)18(22)19-10-4-5-14(13-19)8-9-17(20)21/h2-3,6-7,14H,4-5,8-13H2,1H3,(H,20,21). The van der Waals surface area contributed by atoms with Gasteiger partial charge in [0.05, 0.1) is 12.2 Å². The summed E-state index contributed by atoms with van der Waals surface area (Å²) in [6, 6.07) is 7.22. The van der Waals surface area contributed by atoms with Crippen LogP contribution in [0.25, 0.3) is 0 Å². The van der Waals surface area contributed by atoms with E-state index in [1.165, 1.54) is 0 Å². The second-order valence-corrected chi connectivity index (χ2v) is 6.03. The Bertz CT molecular complexity index is 560. The van der Waals surface area contributed by atoms with E-state index in [0.29, 0.717) is 44.0 Å². The maximum absolute atomic E-state index is 12.8. The Morgan fingerprint density at radius 1 is 1.29 bits per heavy atom. The van der Waals surface area contributed by atoms with Gasteiger partial charge in [0.25, 0.3) is 5.91 Å². The van der Waals surface area contributed by atoms with E-state index in [9.17, 15) is 9.59 Å². The number of ether oxygens (including phenoxy) is 2. The van der Waals surface area contributed by atoms with Crippen LogP contribution < -0.4 is 4.74 Å². The van der Waals surface area contributed by atoms with Crippen molar-refractivity contribution in [3.63, 3.8) is 0 Å². The zero-order valence-corrected chi connectivity index (χ0v) is 14.1. The molecule has 1 unspecified atom stereocenters. The SMILES string of the molecule is COCCOc1ccccc1C(=O)N1CCCC(CCC(=O)O)C1. The molecule has 1 aliphatic heterocycles. The van der Waals surface area contributed by atoms with Crippen LogP contribution in [0.4, 0.5) is 0 Å². The van der Waals surface area contributed by atoms with Gasteiger partial charge in [0.2, 0.25) is 0 Å². The van der Waals surface area contributed by atoms with E-state index in [0.717, 1.165) is 12.8 Å². The molecule has 0 saturated carbocycles. The predicted octanol–water partition coefficient (Wildman–Crippen LogP) is 2.43. The summed E-state index contributed by atoms with van der Waals surface area (Å²) in [5.41, 5.74) is 0.549. The first kappa shape index (κ1) is 18.3. The second kappa shape index (κ2) is 9.27. The Morgan fingerprint density at radius 3 is 2.83 bits per heavy atom. The summed E-state index contributed by atoms with van der Waals surface area (Å²) >= 11 is 0. The normalized spacial score (nSPS) is 17.5. The first-order valence-corrected chi connectivity index (χ1v) is 8.33. The number of aliphatic carboxylic acids is 1. The number of piperidine rings is 1. The third kappa shape index (κ3) is 5.23. The average molecular weight is 335 g/mol. The molecule has 1 heterocycles. The summed E-state index contributed by atoms with van der Waals surface area (Å²) in [5, 5.41) is 8.83. The van der Waals surface area contributed by atoms with Gasteiger partial charge < -0.3 is 19.5 Å². The summed E-state index contributed by atoms with van der Waals surface area (Å²) in [6.45, 7) is 2.17. The van der Waals surface area contributed by atoms with Crippen LogP contribution in [0.1, 0.15) is 36.0 Å². The van der Waals surface area contributed by atoms with Gasteiger partial charge in [-0.15, -0.1) is 0 Å². The zero-order valence-electron chi connectivity index (χ0n) is 14.1. The van der Waals surface area contributed by atoms with Crippen molar-refractivity contribution in [3.05, 3.63) is 29.8 Å². The number of hydrogen-bond acceptors (Lipinski definition) is 4. The first-order chi connectivity index (χ1) is 11.6. The average Bonchev–Trinajstić information content (AvgIpc) is 2.60. The quantitative estimate of drug-likeness (QED) is 0.739. The number of para-hydroxylation sites is 1. The fraction of sp³-hybridized carbons (Fsp3) is 0.556. The molecule has 1 aliphatic rings. The highest BCUT2D eigenvalue weighted by Crippen LogP contribution is 2.25. The smallest absolute Gasteiger partial charge is 0.303 e. The summed E-state index contributed by atoms with van der Waals surface area (Å²) in [6.07, 6.45) is 2.65. The van der Waals surface area contributed by atoms with Crippen LogP contribution in [-0.2, 0) is 9.53 Å². The lowest BCUT2D eigenvalue weighted by Gasteiger charge is -2.33. The van der Waals surface area contributed by atoms with E-state index < -0.39 is 5.97 Å². The number of carbonyl (C=O) groups excluding carboxylic acids is 1. The van der Waals surface area contributed by atoms with Crippen LogP contribution in [0.2, 0.25) is 0 Å². The number of amides is 1. The number of carbonyl (C=O) groups is 2. The zero-order chi connectivity index (χ0) is 17.4. The van der Waals surface area contributed by atoms with Gasteiger partial charge in [-0.05, 0) is 37.3 Å². The molecule has 1 aromatic carbocycles. The van der Waals surface area contributed by atoms with Gasteiger partial charge in [0, 0.05) is 26.6 Å². The molecule has 24 heavy (non-hydrogen) atoms. The number of methoxy groups -OCH3 is 1. The largest absolute Gasteiger partial charge is 0.490 e. The molecule has 1 amide bonds. The summed E-state index contributed by atoms with van der Waals surface area (Å²) in [7, 11) is 1.60. The number of carboxylic acids is 1. The second-order valence-electron chi connectivity index (χ2n) is 6.03. The van der Waals surface area contributed by atoms with Gasteiger partial charge in [0.15, 0.2) is 0 Å². The van der Waals surface area contributed by atoms with Crippen LogP contribution in [0.15, 0.2) is 24.3 Å². The minimum atomic E-state index is -0.782. The lowest BCUT2D eigenvalue weighted by molar-refractivity contribution is -0.137. The highest BCUT2D eigenvalue weighted by Gasteiger charge is 2.26. The maximum atomic E-state index is 12.8. The molecule has 1 atom stereocenters. The molecule has 0 bridgehead atoms. The van der Waals surface area contributed by atoms with Crippen LogP contribution >= 0.6 is 0 Å². The third-order valence-corrected chi connectivity index (χ3v) is 4.24. The molecule has 6 nitrogen and oxygen atoms in total. The van der Waals surface area contributed by atoms with E-state index in [-0.39, 0.29) is 18.2 Å². The molecule has 0 aliphatic carbocycles. The molecule has 0 spiro atoms. The highest BCUT2D eigenvalue weighted by atomic mass is 16.5. The molecule has 0 aromatic heterocycles. The molecule has 0 radical (unpaired) electrons.